The molecular weight excluding hydrogens is 384 g/mol. The van der Waals surface area contributed by atoms with Crippen molar-refractivity contribution in [1.29, 1.82) is 0 Å². The monoisotopic (exact) mass is 412 g/mol. The molecule has 1 aromatic heterocycles. The number of aryl methyl sites for hydroxylation is 2. The second-order valence-corrected chi connectivity index (χ2v) is 7.51. The van der Waals surface area contributed by atoms with E-state index in [9.17, 15) is 14.4 Å². The number of carbonyl (C=O) groups is 2. The van der Waals surface area contributed by atoms with Crippen molar-refractivity contribution in [1.82, 2.24) is 20.0 Å². The summed E-state index contributed by atoms with van der Waals surface area (Å²) in [6, 6.07) is 8.74. The molecule has 2 aromatic rings. The Hall–Kier alpha value is -3.16. The van der Waals surface area contributed by atoms with Crippen LogP contribution >= 0.6 is 0 Å². The summed E-state index contributed by atoms with van der Waals surface area (Å²) in [4.78, 5) is 39.8. The molecule has 0 atom stereocenters. The Labute approximate surface area is 175 Å². The average molecular weight is 412 g/mol. The van der Waals surface area contributed by atoms with E-state index in [2.05, 4.69) is 10.2 Å². The Morgan fingerprint density at radius 2 is 1.73 bits per heavy atom. The molecule has 8 nitrogen and oxygen atoms in total. The number of hydrogen-bond donors (Lipinski definition) is 1. The lowest BCUT2D eigenvalue weighted by Crippen LogP contribution is -2.37. The number of nitrogens with zero attached hydrogens (tertiary/aromatic N) is 3. The van der Waals surface area contributed by atoms with Gasteiger partial charge in [-0.25, -0.2) is 5.10 Å². The fourth-order valence-corrected chi connectivity index (χ4v) is 3.58. The van der Waals surface area contributed by atoms with Crippen LogP contribution < -0.4 is 10.3 Å². The summed E-state index contributed by atoms with van der Waals surface area (Å²) in [5.74, 6) is 0.740. The maximum absolute atomic E-state index is 12.6. The third-order valence-corrected chi connectivity index (χ3v) is 5.22. The molecule has 1 aliphatic heterocycles. The molecule has 2 amide bonds. The van der Waals surface area contributed by atoms with Gasteiger partial charge in [-0.1, -0.05) is 18.2 Å². The van der Waals surface area contributed by atoms with Gasteiger partial charge in [0, 0.05) is 38.7 Å². The zero-order valence-electron chi connectivity index (χ0n) is 17.5. The average Bonchev–Trinajstić information content (AvgIpc) is 2.99. The Bertz CT molecular complexity index is 916. The number of amides is 2. The van der Waals surface area contributed by atoms with Gasteiger partial charge in [-0.2, -0.15) is 5.10 Å². The molecule has 1 N–H and O–H groups in total. The first-order valence-electron chi connectivity index (χ1n) is 10.3. The highest BCUT2D eigenvalue weighted by atomic mass is 16.5. The predicted octanol–water partition coefficient (Wildman–Crippen LogP) is 1.92. The topological polar surface area (TPSA) is 95.6 Å². The summed E-state index contributed by atoms with van der Waals surface area (Å²) < 4.78 is 5.88. The van der Waals surface area contributed by atoms with Crippen LogP contribution in [0.4, 0.5) is 0 Å². The van der Waals surface area contributed by atoms with Gasteiger partial charge >= 0.3 is 0 Å². The molecule has 0 radical (unpaired) electrons. The van der Waals surface area contributed by atoms with E-state index in [0.29, 0.717) is 52.0 Å². The number of carbonyl (C=O) groups excluding carboxylic acids is 2. The van der Waals surface area contributed by atoms with E-state index < -0.39 is 0 Å². The van der Waals surface area contributed by atoms with E-state index in [0.717, 1.165) is 16.9 Å². The van der Waals surface area contributed by atoms with Crippen LogP contribution in [0.1, 0.15) is 40.9 Å². The van der Waals surface area contributed by atoms with Gasteiger partial charge in [0.05, 0.1) is 6.61 Å². The lowest BCUT2D eigenvalue weighted by Gasteiger charge is -2.22. The van der Waals surface area contributed by atoms with Crippen LogP contribution in [0.25, 0.3) is 0 Å². The van der Waals surface area contributed by atoms with Gasteiger partial charge in [0.2, 0.25) is 5.91 Å². The van der Waals surface area contributed by atoms with Crippen LogP contribution in [0.5, 0.6) is 5.75 Å². The van der Waals surface area contributed by atoms with Crippen LogP contribution in [0.3, 0.4) is 0 Å². The minimum Gasteiger partial charge on any atom is -0.493 e. The van der Waals surface area contributed by atoms with Gasteiger partial charge in [-0.3, -0.25) is 14.4 Å². The van der Waals surface area contributed by atoms with Gasteiger partial charge in [-0.15, -0.1) is 0 Å². The summed E-state index contributed by atoms with van der Waals surface area (Å²) in [5, 5.41) is 6.08. The fraction of sp³-hybridized carbons (Fsp3) is 0.455. The minimum absolute atomic E-state index is 0.0802. The van der Waals surface area contributed by atoms with E-state index in [-0.39, 0.29) is 23.1 Å². The number of para-hydroxylation sites is 1. The van der Waals surface area contributed by atoms with E-state index in [1.807, 2.05) is 36.9 Å². The molecule has 1 saturated heterocycles. The molecule has 1 fully saturated rings. The molecule has 3 rings (SSSR count). The summed E-state index contributed by atoms with van der Waals surface area (Å²) in [6.45, 7) is 6.64. The van der Waals surface area contributed by atoms with Crippen molar-refractivity contribution >= 4 is 11.8 Å². The lowest BCUT2D eigenvalue weighted by molar-refractivity contribution is -0.131. The number of aromatic nitrogens is 2. The quantitative estimate of drug-likeness (QED) is 0.732. The van der Waals surface area contributed by atoms with Crippen LogP contribution in [0.15, 0.2) is 35.1 Å². The van der Waals surface area contributed by atoms with Crippen molar-refractivity contribution in [2.75, 3.05) is 32.8 Å². The molecule has 0 unspecified atom stereocenters. The number of ether oxygens (including phenoxy) is 1. The van der Waals surface area contributed by atoms with Crippen LogP contribution in [0.2, 0.25) is 0 Å². The first kappa shape index (κ1) is 21.5. The van der Waals surface area contributed by atoms with Crippen molar-refractivity contribution in [3.8, 4) is 5.75 Å². The lowest BCUT2D eigenvalue weighted by atomic mass is 10.1. The van der Waals surface area contributed by atoms with E-state index in [4.69, 9.17) is 4.74 Å². The fourth-order valence-electron chi connectivity index (χ4n) is 3.58. The third kappa shape index (κ3) is 5.46. The molecule has 160 valence electrons. The first-order chi connectivity index (χ1) is 14.5. The summed E-state index contributed by atoms with van der Waals surface area (Å²) in [6.07, 6.45) is 1.77. The predicted molar refractivity (Wildman–Crippen MR) is 113 cm³/mol. The maximum atomic E-state index is 12.6. The van der Waals surface area contributed by atoms with E-state index in [1.54, 1.807) is 4.90 Å². The second kappa shape index (κ2) is 10.0. The van der Waals surface area contributed by atoms with Crippen LogP contribution in [0, 0.1) is 13.8 Å². The van der Waals surface area contributed by atoms with Gasteiger partial charge in [-0.05, 0) is 43.9 Å². The van der Waals surface area contributed by atoms with Crippen molar-refractivity contribution in [2.24, 2.45) is 0 Å². The minimum atomic E-state index is -0.347. The molecule has 0 bridgehead atoms. The van der Waals surface area contributed by atoms with Crippen molar-refractivity contribution in [3.05, 3.63) is 57.5 Å². The first-order valence-corrected chi connectivity index (χ1v) is 10.3. The number of nitrogens with one attached hydrogen (secondary N) is 1. The molecule has 0 aliphatic carbocycles. The highest BCUT2D eigenvalue weighted by Crippen LogP contribution is 2.22. The van der Waals surface area contributed by atoms with Crippen molar-refractivity contribution < 1.29 is 14.3 Å². The van der Waals surface area contributed by atoms with Crippen LogP contribution in [-0.2, 0) is 4.79 Å². The van der Waals surface area contributed by atoms with Crippen molar-refractivity contribution in [2.45, 2.75) is 33.1 Å². The molecule has 30 heavy (non-hydrogen) atoms. The van der Waals surface area contributed by atoms with Crippen LogP contribution in [-0.4, -0.2) is 64.6 Å². The van der Waals surface area contributed by atoms with Gasteiger partial charge < -0.3 is 14.5 Å². The van der Waals surface area contributed by atoms with Gasteiger partial charge in [0.1, 0.15) is 11.4 Å². The highest BCUT2D eigenvalue weighted by Gasteiger charge is 2.23. The highest BCUT2D eigenvalue weighted by molar-refractivity contribution is 5.92. The normalized spacial score (nSPS) is 14.3. The van der Waals surface area contributed by atoms with Gasteiger partial charge in [0.25, 0.3) is 11.5 Å². The smallest absolute Gasteiger partial charge is 0.274 e. The standard InChI is InChI=1S/C22H28N4O4/c1-16-6-3-7-17(2)21(16)30-15-4-8-20(28)25-11-5-12-26(14-13-25)22(29)18-9-10-19(27)24-23-18/h3,6-7,9-10H,4-5,8,11-15H2,1-2H3,(H,24,27). The number of hydrogen-bond acceptors (Lipinski definition) is 5. The Morgan fingerprint density at radius 3 is 2.43 bits per heavy atom. The summed E-state index contributed by atoms with van der Waals surface area (Å²) >= 11 is 0. The Kier molecular flexibility index (Phi) is 7.21. The Morgan fingerprint density at radius 1 is 1.03 bits per heavy atom. The third-order valence-electron chi connectivity index (χ3n) is 5.22. The summed E-state index contributed by atoms with van der Waals surface area (Å²) in [5.41, 5.74) is 2.05. The molecule has 8 heteroatoms. The number of benzene rings is 1. The number of rotatable bonds is 6. The zero-order chi connectivity index (χ0) is 21.5. The summed E-state index contributed by atoms with van der Waals surface area (Å²) in [7, 11) is 0. The number of H-pyrrole nitrogens is 1. The number of aromatic amines is 1. The largest absolute Gasteiger partial charge is 0.493 e. The molecule has 1 aliphatic rings. The van der Waals surface area contributed by atoms with E-state index in [1.165, 1.54) is 12.1 Å². The molecular formula is C22H28N4O4. The van der Waals surface area contributed by atoms with Gasteiger partial charge in [0.15, 0.2) is 0 Å². The zero-order valence-corrected chi connectivity index (χ0v) is 17.5. The molecule has 0 spiro atoms. The maximum Gasteiger partial charge on any atom is 0.274 e. The molecule has 2 heterocycles. The second-order valence-electron chi connectivity index (χ2n) is 7.51. The molecule has 0 saturated carbocycles. The van der Waals surface area contributed by atoms with E-state index >= 15 is 0 Å². The molecule has 1 aromatic carbocycles. The SMILES string of the molecule is Cc1cccc(C)c1OCCCC(=O)N1CCCN(C(=O)c2ccc(=O)[nH]n2)CC1. The van der Waals surface area contributed by atoms with Crippen molar-refractivity contribution in [3.63, 3.8) is 0 Å². The Balaban J connectivity index is 1.45.